The number of carbonyl (C=O) groups is 3. The van der Waals surface area contributed by atoms with Crippen LogP contribution in [0, 0.1) is 0 Å². The zero-order valence-electron chi connectivity index (χ0n) is 15.1. The second kappa shape index (κ2) is 8.92. The first-order valence-corrected chi connectivity index (χ1v) is 9.91. The number of rotatable bonds is 8. The summed E-state index contributed by atoms with van der Waals surface area (Å²) >= 11 is 0. The molecule has 0 N–H and O–H groups in total. The molecule has 128 valence electrons. The summed E-state index contributed by atoms with van der Waals surface area (Å²) in [5.74, 6) is -0.366. The van der Waals surface area contributed by atoms with Gasteiger partial charge in [-0.2, -0.15) is 0 Å². The second-order valence-electron chi connectivity index (χ2n) is 5.82. The fourth-order valence-corrected chi connectivity index (χ4v) is 7.32. The Bertz CT molecular complexity index is 365. The third-order valence-electron chi connectivity index (χ3n) is 4.39. The van der Waals surface area contributed by atoms with Gasteiger partial charge in [0.05, 0.1) is 0 Å². The van der Waals surface area contributed by atoms with Gasteiger partial charge in [0.25, 0.3) is 0 Å². The highest BCUT2D eigenvalue weighted by Gasteiger charge is 2.51. The third-order valence-corrected chi connectivity index (χ3v) is 9.59. The van der Waals surface area contributed by atoms with E-state index in [0.29, 0.717) is 6.04 Å². The van der Waals surface area contributed by atoms with E-state index in [0.717, 1.165) is 25.7 Å². The van der Waals surface area contributed by atoms with Crippen molar-refractivity contribution >= 4 is 26.3 Å². The summed E-state index contributed by atoms with van der Waals surface area (Å²) in [5, 5.41) is 0. The van der Waals surface area contributed by atoms with Crippen LogP contribution in [0.4, 0.5) is 0 Å². The van der Waals surface area contributed by atoms with Crippen LogP contribution in [0.5, 0.6) is 0 Å². The Morgan fingerprint density at radius 3 is 1.36 bits per heavy atom. The van der Waals surface area contributed by atoms with Gasteiger partial charge in [-0.15, -0.1) is 0 Å². The Labute approximate surface area is 135 Å². The van der Waals surface area contributed by atoms with Gasteiger partial charge >= 0.3 is 8.56 Å². The average Bonchev–Trinajstić information content (AvgIpc) is 2.45. The van der Waals surface area contributed by atoms with Crippen LogP contribution in [0.25, 0.3) is 0 Å². The Morgan fingerprint density at radius 1 is 0.727 bits per heavy atom. The molecule has 0 heterocycles. The number of nitrogens with zero attached hydrogens (tertiary/aromatic N) is 3. The maximum atomic E-state index is 12.0. The molecule has 0 radical (unpaired) electrons. The normalized spacial score (nSPS) is 11.0. The molecular weight excluding hydrogens is 298 g/mol. The van der Waals surface area contributed by atoms with E-state index in [-0.39, 0.29) is 17.7 Å². The highest BCUT2D eigenvalue weighted by atomic mass is 28.4. The van der Waals surface area contributed by atoms with Crippen molar-refractivity contribution in [2.45, 2.75) is 59.4 Å². The molecule has 6 nitrogen and oxygen atoms in total. The zero-order valence-corrected chi connectivity index (χ0v) is 16.1. The van der Waals surface area contributed by atoms with E-state index >= 15 is 0 Å². The Balaban J connectivity index is 5.74. The fourth-order valence-electron chi connectivity index (χ4n) is 2.72. The van der Waals surface area contributed by atoms with Crippen molar-refractivity contribution in [2.75, 3.05) is 21.1 Å². The molecule has 0 saturated heterocycles. The molecule has 0 aliphatic carbocycles. The van der Waals surface area contributed by atoms with E-state index in [1.54, 1.807) is 34.8 Å². The number of hydrogen-bond acceptors (Lipinski definition) is 3. The van der Waals surface area contributed by atoms with Gasteiger partial charge in [0.2, 0.25) is 17.7 Å². The van der Waals surface area contributed by atoms with E-state index in [1.165, 1.54) is 20.8 Å². The molecule has 0 aromatic carbocycles. The fraction of sp³-hybridized carbons (Fsp3) is 0.800. The van der Waals surface area contributed by atoms with E-state index in [1.807, 2.05) is 0 Å². The van der Waals surface area contributed by atoms with Crippen molar-refractivity contribution in [1.29, 1.82) is 0 Å². The van der Waals surface area contributed by atoms with Crippen LogP contribution in [0.2, 0.25) is 6.04 Å². The summed E-state index contributed by atoms with van der Waals surface area (Å²) in [6.45, 7) is 6.58. The number of carbonyl (C=O) groups excluding carboxylic acids is 3. The number of unbranched alkanes of at least 4 members (excludes halogenated alkanes) is 3. The molecule has 7 heteroatoms. The maximum Gasteiger partial charge on any atom is 0.385 e. The van der Waals surface area contributed by atoms with E-state index in [4.69, 9.17) is 0 Å². The minimum absolute atomic E-state index is 0.122. The molecule has 0 atom stereocenters. The van der Waals surface area contributed by atoms with Crippen molar-refractivity contribution in [3.8, 4) is 0 Å². The van der Waals surface area contributed by atoms with Gasteiger partial charge in [-0.3, -0.25) is 14.4 Å². The predicted octanol–water partition coefficient (Wildman–Crippen LogP) is 1.94. The highest BCUT2D eigenvalue weighted by molar-refractivity contribution is 6.77. The molecule has 22 heavy (non-hydrogen) atoms. The summed E-state index contributed by atoms with van der Waals surface area (Å²) in [4.78, 5) is 36.1. The third kappa shape index (κ3) is 4.56. The van der Waals surface area contributed by atoms with Gasteiger partial charge in [0, 0.05) is 41.9 Å². The minimum Gasteiger partial charge on any atom is -0.338 e. The van der Waals surface area contributed by atoms with E-state index < -0.39 is 8.56 Å². The molecule has 0 aromatic heterocycles. The van der Waals surface area contributed by atoms with Crippen LogP contribution in [0.3, 0.4) is 0 Å². The molecule has 0 aromatic rings. The monoisotopic (exact) mass is 329 g/mol. The van der Waals surface area contributed by atoms with E-state index in [9.17, 15) is 14.4 Å². The molecule has 0 fully saturated rings. The predicted molar refractivity (Wildman–Crippen MR) is 90.0 cm³/mol. The molecule has 0 saturated carbocycles. The van der Waals surface area contributed by atoms with Crippen LogP contribution < -0.4 is 0 Å². The van der Waals surface area contributed by atoms with Crippen molar-refractivity contribution in [2.24, 2.45) is 0 Å². The molecule has 0 rings (SSSR count). The number of amides is 3. The van der Waals surface area contributed by atoms with E-state index in [2.05, 4.69) is 6.92 Å². The molecular formula is C15H31N3O3Si. The lowest BCUT2D eigenvalue weighted by molar-refractivity contribution is -0.129. The van der Waals surface area contributed by atoms with Gasteiger partial charge in [-0.25, -0.2) is 0 Å². The topological polar surface area (TPSA) is 60.9 Å². The van der Waals surface area contributed by atoms with Crippen LogP contribution in [0.1, 0.15) is 53.4 Å². The van der Waals surface area contributed by atoms with Gasteiger partial charge in [0.15, 0.2) is 0 Å². The first-order chi connectivity index (χ1) is 10.1. The van der Waals surface area contributed by atoms with Gasteiger partial charge < -0.3 is 13.7 Å². The Morgan fingerprint density at radius 2 is 1.09 bits per heavy atom. The first-order valence-electron chi connectivity index (χ1n) is 7.86. The Hall–Kier alpha value is -1.37. The quantitative estimate of drug-likeness (QED) is 0.505. The summed E-state index contributed by atoms with van der Waals surface area (Å²) in [5.41, 5.74) is 0. The molecule has 0 unspecified atom stereocenters. The minimum atomic E-state index is -2.89. The first kappa shape index (κ1) is 20.6. The molecule has 0 bridgehead atoms. The van der Waals surface area contributed by atoms with Gasteiger partial charge in [0.1, 0.15) is 0 Å². The second-order valence-corrected chi connectivity index (χ2v) is 9.88. The van der Waals surface area contributed by atoms with Crippen LogP contribution in [0.15, 0.2) is 0 Å². The summed E-state index contributed by atoms with van der Waals surface area (Å²) in [6.07, 6.45) is 4.16. The lowest BCUT2D eigenvalue weighted by Gasteiger charge is -2.49. The zero-order chi connectivity index (χ0) is 17.5. The van der Waals surface area contributed by atoms with Crippen molar-refractivity contribution in [3.63, 3.8) is 0 Å². The largest absolute Gasteiger partial charge is 0.385 e. The van der Waals surface area contributed by atoms with Crippen molar-refractivity contribution < 1.29 is 14.4 Å². The van der Waals surface area contributed by atoms with Crippen molar-refractivity contribution in [3.05, 3.63) is 0 Å². The molecule has 0 spiro atoms. The lowest BCUT2D eigenvalue weighted by Crippen LogP contribution is -2.75. The highest BCUT2D eigenvalue weighted by Crippen LogP contribution is 2.26. The Kier molecular flexibility index (Phi) is 8.37. The van der Waals surface area contributed by atoms with Crippen LogP contribution in [-0.2, 0) is 14.4 Å². The SMILES string of the molecule is CCCCCC[Si](N(C)C(C)=O)(N(C)C(C)=O)N(C)C(C)=O. The number of hydrogen-bond donors (Lipinski definition) is 0. The molecule has 3 amide bonds. The lowest BCUT2D eigenvalue weighted by atomic mass is 10.2. The van der Waals surface area contributed by atoms with Gasteiger partial charge in [-0.1, -0.05) is 32.6 Å². The maximum absolute atomic E-state index is 12.0. The van der Waals surface area contributed by atoms with Gasteiger partial charge in [-0.05, 0) is 6.04 Å². The summed E-state index contributed by atoms with van der Waals surface area (Å²) < 4.78 is 4.88. The summed E-state index contributed by atoms with van der Waals surface area (Å²) in [6, 6.07) is 0.676. The standard InChI is InChI=1S/C15H31N3O3Si/c1-8-9-10-11-12-22(16(5)13(2)19,17(6)14(3)20)18(7)15(4)21/h8-12H2,1-7H3. The summed E-state index contributed by atoms with van der Waals surface area (Å²) in [7, 11) is 2.21. The molecule has 0 aliphatic heterocycles. The smallest absolute Gasteiger partial charge is 0.338 e. The van der Waals surface area contributed by atoms with Crippen LogP contribution in [-0.4, -0.2) is 61.1 Å². The average molecular weight is 330 g/mol. The van der Waals surface area contributed by atoms with Crippen molar-refractivity contribution in [1.82, 2.24) is 13.7 Å². The molecule has 0 aliphatic rings. The van der Waals surface area contributed by atoms with Crippen LogP contribution >= 0.6 is 0 Å².